The van der Waals surface area contributed by atoms with Crippen LogP contribution in [0.3, 0.4) is 0 Å². The minimum Gasteiger partial charge on any atom is -0.475 e. The van der Waals surface area contributed by atoms with Crippen LogP contribution in [0.25, 0.3) is 0 Å². The van der Waals surface area contributed by atoms with Gasteiger partial charge < -0.3 is 19.8 Å². The Morgan fingerprint density at radius 2 is 1.87 bits per heavy atom. The molecule has 3 rings (SSSR count). The first-order valence-corrected chi connectivity index (χ1v) is 8.83. The number of fused-ring (bicyclic) bond motifs is 1. The van der Waals surface area contributed by atoms with Crippen LogP contribution in [-0.4, -0.2) is 72.9 Å². The molecule has 0 radical (unpaired) electrons. The third kappa shape index (κ3) is 6.49. The summed E-state index contributed by atoms with van der Waals surface area (Å²) < 4.78 is 38.9. The number of carbonyl (C=O) groups excluding carboxylic acids is 1. The third-order valence-electron chi connectivity index (χ3n) is 3.99. The number of pyridine rings is 1. The van der Waals surface area contributed by atoms with Crippen LogP contribution in [0.4, 0.5) is 13.2 Å². The number of nitrogens with zero attached hydrogens (tertiary/aromatic N) is 5. The summed E-state index contributed by atoms with van der Waals surface area (Å²) in [5.74, 6) is -2.78. The van der Waals surface area contributed by atoms with Crippen molar-refractivity contribution in [2.45, 2.75) is 32.3 Å². The second-order valence-electron chi connectivity index (χ2n) is 6.10. The molecule has 1 amide bonds. The van der Waals surface area contributed by atoms with Crippen LogP contribution in [0.1, 0.15) is 28.2 Å². The SMILES string of the molecule is O=C(O)C(F)(F)F.O=C(c1ccncc1)N1CCCn2nnc(COCCO)c2C1. The smallest absolute Gasteiger partial charge is 0.475 e. The van der Waals surface area contributed by atoms with E-state index in [4.69, 9.17) is 19.7 Å². The lowest BCUT2D eigenvalue weighted by atomic mass is 10.2. The number of halogens is 3. The summed E-state index contributed by atoms with van der Waals surface area (Å²) in [6.07, 6.45) is -1.03. The Hall–Kier alpha value is -3.06. The van der Waals surface area contributed by atoms with Crippen LogP contribution in [0, 0.1) is 0 Å². The van der Waals surface area contributed by atoms with Crippen molar-refractivity contribution in [1.82, 2.24) is 24.9 Å². The molecule has 0 bridgehead atoms. The van der Waals surface area contributed by atoms with E-state index in [0.717, 1.165) is 18.7 Å². The fourth-order valence-corrected chi connectivity index (χ4v) is 2.59. The number of hydrogen-bond donors (Lipinski definition) is 2. The highest BCUT2D eigenvalue weighted by Gasteiger charge is 2.38. The molecule has 1 aliphatic heterocycles. The van der Waals surface area contributed by atoms with Crippen molar-refractivity contribution >= 4 is 11.9 Å². The van der Waals surface area contributed by atoms with Gasteiger partial charge in [0, 0.05) is 31.0 Å². The third-order valence-corrected chi connectivity index (χ3v) is 3.99. The molecule has 30 heavy (non-hydrogen) atoms. The lowest BCUT2D eigenvalue weighted by Crippen LogP contribution is -2.31. The molecule has 164 valence electrons. The second-order valence-corrected chi connectivity index (χ2v) is 6.10. The minimum atomic E-state index is -5.08. The molecule has 13 heteroatoms. The number of hydrogen-bond acceptors (Lipinski definition) is 7. The molecule has 2 aromatic heterocycles. The van der Waals surface area contributed by atoms with Crippen LogP contribution < -0.4 is 0 Å². The van der Waals surface area contributed by atoms with E-state index in [1.165, 1.54) is 0 Å². The van der Waals surface area contributed by atoms with E-state index >= 15 is 0 Å². The van der Waals surface area contributed by atoms with E-state index < -0.39 is 12.1 Å². The van der Waals surface area contributed by atoms with Crippen LogP contribution >= 0.6 is 0 Å². The average Bonchev–Trinajstić information content (AvgIpc) is 2.96. The molecule has 2 N–H and O–H groups in total. The Kier molecular flexibility index (Phi) is 8.24. The zero-order valence-electron chi connectivity index (χ0n) is 15.7. The summed E-state index contributed by atoms with van der Waals surface area (Å²) in [4.78, 5) is 27.3. The van der Waals surface area contributed by atoms with Crippen molar-refractivity contribution in [3.63, 3.8) is 0 Å². The first-order chi connectivity index (χ1) is 14.2. The van der Waals surface area contributed by atoms with Crippen LogP contribution in [0.2, 0.25) is 0 Å². The quantitative estimate of drug-likeness (QED) is 0.667. The number of carbonyl (C=O) groups is 2. The summed E-state index contributed by atoms with van der Waals surface area (Å²) in [5, 5.41) is 24.2. The zero-order valence-corrected chi connectivity index (χ0v) is 15.7. The van der Waals surface area contributed by atoms with Gasteiger partial charge in [0.05, 0.1) is 32.1 Å². The van der Waals surface area contributed by atoms with Crippen LogP contribution in [-0.2, 0) is 29.2 Å². The molecule has 3 heterocycles. The number of aromatic nitrogens is 4. The largest absolute Gasteiger partial charge is 0.490 e. The number of ether oxygens (including phenoxy) is 1. The van der Waals surface area contributed by atoms with Crippen LogP contribution in [0.5, 0.6) is 0 Å². The van der Waals surface area contributed by atoms with Gasteiger partial charge in [0.15, 0.2) is 0 Å². The fraction of sp³-hybridized carbons (Fsp3) is 0.471. The number of aliphatic hydroxyl groups is 1. The topological polar surface area (TPSA) is 131 Å². The summed E-state index contributed by atoms with van der Waals surface area (Å²) in [5.41, 5.74) is 2.23. The van der Waals surface area contributed by atoms with E-state index in [2.05, 4.69) is 15.3 Å². The predicted molar refractivity (Wildman–Crippen MR) is 94.0 cm³/mol. The molecule has 0 fully saturated rings. The fourth-order valence-electron chi connectivity index (χ4n) is 2.59. The Morgan fingerprint density at radius 1 is 1.20 bits per heavy atom. The van der Waals surface area contributed by atoms with E-state index in [9.17, 15) is 18.0 Å². The van der Waals surface area contributed by atoms with Gasteiger partial charge in [-0.25, -0.2) is 9.48 Å². The van der Waals surface area contributed by atoms with Crippen molar-refractivity contribution < 1.29 is 37.7 Å². The van der Waals surface area contributed by atoms with E-state index in [1.54, 1.807) is 29.4 Å². The lowest BCUT2D eigenvalue weighted by molar-refractivity contribution is -0.192. The molecule has 0 unspecified atom stereocenters. The molecular formula is C17H20F3N5O5. The van der Waals surface area contributed by atoms with Gasteiger partial charge in [-0.1, -0.05) is 5.21 Å². The molecule has 2 aromatic rings. The minimum absolute atomic E-state index is 0.0238. The summed E-state index contributed by atoms with van der Waals surface area (Å²) in [6.45, 7) is 2.35. The summed E-state index contributed by atoms with van der Waals surface area (Å²) in [6, 6.07) is 3.43. The maximum Gasteiger partial charge on any atom is 0.490 e. The highest BCUT2D eigenvalue weighted by Crippen LogP contribution is 2.17. The Labute approximate surface area is 168 Å². The maximum absolute atomic E-state index is 12.6. The van der Waals surface area contributed by atoms with Gasteiger partial charge in [0.2, 0.25) is 0 Å². The second kappa shape index (κ2) is 10.6. The number of carboxylic acid groups (broad SMARTS) is 1. The molecule has 0 aliphatic carbocycles. The Balaban J connectivity index is 0.000000396. The monoisotopic (exact) mass is 431 g/mol. The van der Waals surface area contributed by atoms with E-state index in [1.807, 2.05) is 4.68 Å². The first-order valence-electron chi connectivity index (χ1n) is 8.83. The summed E-state index contributed by atoms with van der Waals surface area (Å²) >= 11 is 0. The van der Waals surface area contributed by atoms with Gasteiger partial charge in [-0.05, 0) is 18.6 Å². The molecule has 10 nitrogen and oxygen atoms in total. The van der Waals surface area contributed by atoms with Crippen molar-refractivity contribution in [1.29, 1.82) is 0 Å². The number of rotatable bonds is 5. The highest BCUT2D eigenvalue weighted by atomic mass is 19.4. The lowest BCUT2D eigenvalue weighted by Gasteiger charge is -2.20. The van der Waals surface area contributed by atoms with E-state index in [-0.39, 0.29) is 25.7 Å². The molecule has 0 saturated carbocycles. The molecule has 0 aromatic carbocycles. The number of aliphatic hydroxyl groups excluding tert-OH is 1. The maximum atomic E-state index is 12.6. The van der Waals surface area contributed by atoms with Gasteiger partial charge in [-0.3, -0.25) is 9.78 Å². The van der Waals surface area contributed by atoms with Gasteiger partial charge in [0.25, 0.3) is 5.91 Å². The molecule has 0 spiro atoms. The predicted octanol–water partition coefficient (Wildman–Crippen LogP) is 0.861. The Bertz CT molecular complexity index is 844. The number of amides is 1. The number of carboxylic acids is 1. The number of aryl methyl sites for hydroxylation is 1. The van der Waals surface area contributed by atoms with Crippen molar-refractivity contribution in [2.24, 2.45) is 0 Å². The van der Waals surface area contributed by atoms with E-state index in [0.29, 0.717) is 24.3 Å². The molecule has 1 aliphatic rings. The average molecular weight is 431 g/mol. The standard InChI is InChI=1S/C15H19N5O3.C2HF3O2/c21-8-9-23-11-13-14-10-19(6-1-7-20(14)18-17-13)15(22)12-2-4-16-5-3-12;3-2(4,5)1(6)7/h2-5,21H,1,6-11H2;(H,6,7). The molecule has 0 saturated heterocycles. The Morgan fingerprint density at radius 3 is 2.47 bits per heavy atom. The van der Waals surface area contributed by atoms with Crippen LogP contribution in [0.15, 0.2) is 24.5 Å². The van der Waals surface area contributed by atoms with Gasteiger partial charge >= 0.3 is 12.1 Å². The zero-order chi connectivity index (χ0) is 22.1. The highest BCUT2D eigenvalue weighted by molar-refractivity contribution is 5.94. The van der Waals surface area contributed by atoms with Gasteiger partial charge in [0.1, 0.15) is 5.69 Å². The van der Waals surface area contributed by atoms with Gasteiger partial charge in [-0.2, -0.15) is 13.2 Å². The number of alkyl halides is 3. The first kappa shape index (κ1) is 23.2. The number of aliphatic carboxylic acids is 1. The molecular weight excluding hydrogens is 411 g/mol. The summed E-state index contributed by atoms with van der Waals surface area (Å²) in [7, 11) is 0. The molecule has 0 atom stereocenters. The van der Waals surface area contributed by atoms with Crippen molar-refractivity contribution in [3.05, 3.63) is 41.5 Å². The normalized spacial score (nSPS) is 13.7. The van der Waals surface area contributed by atoms with Gasteiger partial charge in [-0.15, -0.1) is 5.10 Å². The van der Waals surface area contributed by atoms with Crippen molar-refractivity contribution in [2.75, 3.05) is 19.8 Å². The van der Waals surface area contributed by atoms with Crippen molar-refractivity contribution in [3.8, 4) is 0 Å².